The Morgan fingerprint density at radius 2 is 2.07 bits per heavy atom. The maximum Gasteiger partial charge on any atom is 0.0661 e. The third-order valence-corrected chi connectivity index (χ3v) is 3.14. The van der Waals surface area contributed by atoms with Crippen LogP contribution in [-0.2, 0) is 0 Å². The summed E-state index contributed by atoms with van der Waals surface area (Å²) in [4.78, 5) is 0. The number of rotatable bonds is 8. The van der Waals surface area contributed by atoms with E-state index in [-0.39, 0.29) is 5.92 Å². The second kappa shape index (κ2) is 8.35. The van der Waals surface area contributed by atoms with Gasteiger partial charge in [0.05, 0.1) is 12.0 Å². The molecule has 0 fully saturated rings. The van der Waals surface area contributed by atoms with Gasteiger partial charge in [0.25, 0.3) is 0 Å². The van der Waals surface area contributed by atoms with E-state index in [0.717, 1.165) is 25.8 Å². The molecule has 3 unspecified atom stereocenters. The van der Waals surface area contributed by atoms with Gasteiger partial charge in [0.15, 0.2) is 0 Å². The van der Waals surface area contributed by atoms with Crippen molar-refractivity contribution < 1.29 is 0 Å². The van der Waals surface area contributed by atoms with Crippen LogP contribution in [0.15, 0.2) is 12.8 Å². The van der Waals surface area contributed by atoms with Crippen LogP contribution in [0.5, 0.6) is 0 Å². The van der Waals surface area contributed by atoms with Crippen molar-refractivity contribution in [2.75, 3.05) is 6.54 Å². The van der Waals surface area contributed by atoms with Crippen LogP contribution in [0.4, 0.5) is 0 Å². The van der Waals surface area contributed by atoms with E-state index in [1.165, 1.54) is 0 Å². The van der Waals surface area contributed by atoms with Gasteiger partial charge in [-0.3, -0.25) is 0 Å². The van der Waals surface area contributed by atoms with E-state index in [1.54, 1.807) is 6.20 Å². The molecule has 86 valence electrons. The van der Waals surface area contributed by atoms with Crippen molar-refractivity contribution in [1.82, 2.24) is 5.32 Å². The highest BCUT2D eigenvalue weighted by atomic mass is 14.8. The Morgan fingerprint density at radius 1 is 1.40 bits per heavy atom. The topological polar surface area (TPSA) is 35.8 Å². The lowest BCUT2D eigenvalue weighted by Crippen LogP contribution is -2.19. The predicted octanol–water partition coefficient (Wildman–Crippen LogP) is 3.32. The maximum absolute atomic E-state index is 9.12. The molecule has 0 aliphatic heterocycles. The van der Waals surface area contributed by atoms with Gasteiger partial charge >= 0.3 is 0 Å². The summed E-state index contributed by atoms with van der Waals surface area (Å²) in [5, 5.41) is 12.2. The molecule has 2 nitrogen and oxygen atoms in total. The van der Waals surface area contributed by atoms with Crippen LogP contribution in [0.2, 0.25) is 0 Å². The van der Waals surface area contributed by atoms with E-state index in [4.69, 9.17) is 5.26 Å². The van der Waals surface area contributed by atoms with Gasteiger partial charge in [0, 0.05) is 6.54 Å². The Kier molecular flexibility index (Phi) is 7.81. The summed E-state index contributed by atoms with van der Waals surface area (Å²) < 4.78 is 0. The van der Waals surface area contributed by atoms with Crippen molar-refractivity contribution in [2.45, 2.75) is 40.0 Å². The Balaban J connectivity index is 3.89. The van der Waals surface area contributed by atoms with Gasteiger partial charge in [-0.25, -0.2) is 0 Å². The van der Waals surface area contributed by atoms with E-state index >= 15 is 0 Å². The number of hydrogen-bond donors (Lipinski definition) is 1. The summed E-state index contributed by atoms with van der Waals surface area (Å²) >= 11 is 0. The third kappa shape index (κ3) is 5.47. The minimum atomic E-state index is 0.207. The minimum Gasteiger partial charge on any atom is -0.391 e. The molecule has 0 radical (unpaired) electrons. The normalized spacial score (nSPS) is 16.1. The molecule has 0 amide bonds. The average Bonchev–Trinajstić information content (AvgIpc) is 2.25. The first kappa shape index (κ1) is 14.0. The van der Waals surface area contributed by atoms with Crippen LogP contribution in [-0.4, -0.2) is 6.54 Å². The van der Waals surface area contributed by atoms with Crippen molar-refractivity contribution >= 4 is 0 Å². The molecule has 0 bridgehead atoms. The standard InChI is InChI=1S/C13H24N2/c1-5-11(3)13(10-14)12(4)8-7-9-15-6-2/h6,11-13,15H,2,5,7-9H2,1,3-4H3. The summed E-state index contributed by atoms with van der Waals surface area (Å²) in [6.07, 6.45) is 5.04. The monoisotopic (exact) mass is 208 g/mol. The minimum absolute atomic E-state index is 0.207. The molecule has 1 N–H and O–H groups in total. The van der Waals surface area contributed by atoms with Gasteiger partial charge in [-0.05, 0) is 30.9 Å². The number of nitriles is 1. The first-order chi connectivity index (χ1) is 7.17. The fraction of sp³-hybridized carbons (Fsp3) is 0.769. The molecule has 0 aromatic rings. The van der Waals surface area contributed by atoms with Gasteiger partial charge in [0.1, 0.15) is 0 Å². The molecular weight excluding hydrogens is 184 g/mol. The molecule has 0 aliphatic carbocycles. The zero-order chi connectivity index (χ0) is 11.7. The molecule has 0 heterocycles. The molecule has 15 heavy (non-hydrogen) atoms. The van der Waals surface area contributed by atoms with Crippen LogP contribution >= 0.6 is 0 Å². The van der Waals surface area contributed by atoms with Crippen LogP contribution in [0.1, 0.15) is 40.0 Å². The molecular formula is C13H24N2. The Bertz CT molecular complexity index is 205. The third-order valence-electron chi connectivity index (χ3n) is 3.14. The molecule has 3 atom stereocenters. The fourth-order valence-corrected chi connectivity index (χ4v) is 1.88. The average molecular weight is 208 g/mol. The highest BCUT2D eigenvalue weighted by molar-refractivity contribution is 4.89. The Labute approximate surface area is 94.4 Å². The lowest BCUT2D eigenvalue weighted by atomic mass is 9.81. The largest absolute Gasteiger partial charge is 0.391 e. The maximum atomic E-state index is 9.12. The summed E-state index contributed by atoms with van der Waals surface area (Å²) in [5.41, 5.74) is 0. The Hall–Kier alpha value is -0.970. The number of hydrogen-bond acceptors (Lipinski definition) is 2. The zero-order valence-corrected chi connectivity index (χ0v) is 10.3. The van der Waals surface area contributed by atoms with E-state index < -0.39 is 0 Å². The number of nitrogens with zero attached hydrogens (tertiary/aromatic N) is 1. The van der Waals surface area contributed by atoms with Gasteiger partial charge in [-0.1, -0.05) is 33.8 Å². The van der Waals surface area contributed by atoms with E-state index in [1.807, 2.05) is 0 Å². The fourth-order valence-electron chi connectivity index (χ4n) is 1.88. The summed E-state index contributed by atoms with van der Waals surface area (Å²) in [5.74, 6) is 1.22. The van der Waals surface area contributed by atoms with Crippen LogP contribution < -0.4 is 5.32 Å². The van der Waals surface area contributed by atoms with Gasteiger partial charge in [0.2, 0.25) is 0 Å². The van der Waals surface area contributed by atoms with Crippen molar-refractivity contribution in [3.05, 3.63) is 12.8 Å². The van der Waals surface area contributed by atoms with Crippen molar-refractivity contribution in [3.63, 3.8) is 0 Å². The smallest absolute Gasteiger partial charge is 0.0661 e. The van der Waals surface area contributed by atoms with E-state index in [9.17, 15) is 0 Å². The molecule has 0 aromatic carbocycles. The second-order valence-electron chi connectivity index (χ2n) is 4.32. The second-order valence-corrected chi connectivity index (χ2v) is 4.32. The SMILES string of the molecule is C=CNCCCC(C)C(C#N)C(C)CC. The molecule has 0 rings (SSSR count). The Morgan fingerprint density at radius 3 is 2.53 bits per heavy atom. The summed E-state index contributed by atoms with van der Waals surface area (Å²) in [6.45, 7) is 11.1. The van der Waals surface area contributed by atoms with Crippen molar-refractivity contribution in [1.29, 1.82) is 5.26 Å². The highest BCUT2D eigenvalue weighted by Gasteiger charge is 2.21. The molecule has 2 heteroatoms. The first-order valence-corrected chi connectivity index (χ1v) is 5.91. The van der Waals surface area contributed by atoms with Gasteiger partial charge < -0.3 is 5.32 Å². The van der Waals surface area contributed by atoms with Gasteiger partial charge in [-0.2, -0.15) is 5.26 Å². The highest BCUT2D eigenvalue weighted by Crippen LogP contribution is 2.26. The number of nitrogens with one attached hydrogen (secondary N) is 1. The quantitative estimate of drug-likeness (QED) is 0.621. The van der Waals surface area contributed by atoms with Gasteiger partial charge in [-0.15, -0.1) is 0 Å². The molecule has 0 saturated carbocycles. The predicted molar refractivity (Wildman–Crippen MR) is 65.2 cm³/mol. The molecule has 0 saturated heterocycles. The van der Waals surface area contributed by atoms with Crippen molar-refractivity contribution in [3.8, 4) is 6.07 Å². The lowest BCUT2D eigenvalue weighted by Gasteiger charge is -2.22. The summed E-state index contributed by atoms with van der Waals surface area (Å²) in [7, 11) is 0. The molecule has 0 aliphatic rings. The molecule has 0 spiro atoms. The van der Waals surface area contributed by atoms with Crippen LogP contribution in [0.3, 0.4) is 0 Å². The lowest BCUT2D eigenvalue weighted by molar-refractivity contribution is 0.297. The summed E-state index contributed by atoms with van der Waals surface area (Å²) in [6, 6.07) is 2.45. The van der Waals surface area contributed by atoms with Crippen molar-refractivity contribution in [2.24, 2.45) is 17.8 Å². The first-order valence-electron chi connectivity index (χ1n) is 5.91. The molecule has 0 aromatic heterocycles. The van der Waals surface area contributed by atoms with E-state index in [2.05, 4.69) is 38.7 Å². The van der Waals surface area contributed by atoms with E-state index in [0.29, 0.717) is 11.8 Å². The van der Waals surface area contributed by atoms with Crippen LogP contribution in [0, 0.1) is 29.1 Å². The zero-order valence-electron chi connectivity index (χ0n) is 10.3. The van der Waals surface area contributed by atoms with Crippen LogP contribution in [0.25, 0.3) is 0 Å².